The van der Waals surface area contributed by atoms with Gasteiger partial charge in [0.1, 0.15) is 23.1 Å². The maximum atomic E-state index is 12.5. The third-order valence-corrected chi connectivity index (χ3v) is 6.07. The molecule has 0 aliphatic carbocycles. The number of carboxylic acid groups (broad SMARTS) is 1. The highest BCUT2D eigenvalue weighted by Crippen LogP contribution is 2.33. The standard InChI is InChI=1S/C18H23F3N6O3S/c1-2-10-7-11-14(24-17(25-15(11)31-10)23-12(9-22)16(29)30)27-5-3-26(4-6-27)13(28)8-18(19,20)21/h7,12H,2-6,8-9,22H2,1H3,(H,29,30)(H,23,24,25). The molecule has 1 atom stereocenters. The zero-order valence-corrected chi connectivity index (χ0v) is 17.6. The number of nitrogens with one attached hydrogen (secondary N) is 1. The lowest BCUT2D eigenvalue weighted by Gasteiger charge is -2.36. The Hall–Kier alpha value is -2.67. The van der Waals surface area contributed by atoms with Gasteiger partial charge in [0, 0.05) is 37.6 Å². The lowest BCUT2D eigenvalue weighted by molar-refractivity contribution is -0.161. The van der Waals surface area contributed by atoms with Crippen molar-refractivity contribution in [3.63, 3.8) is 0 Å². The molecule has 1 aliphatic heterocycles. The second-order valence-electron chi connectivity index (χ2n) is 7.09. The number of rotatable bonds is 7. The number of nitrogens with two attached hydrogens (primary N) is 1. The Morgan fingerprint density at radius 1 is 1.29 bits per heavy atom. The smallest absolute Gasteiger partial charge is 0.397 e. The molecule has 2 aromatic heterocycles. The van der Waals surface area contributed by atoms with Crippen LogP contribution in [-0.2, 0) is 16.0 Å². The van der Waals surface area contributed by atoms with Crippen molar-refractivity contribution in [3.8, 4) is 0 Å². The molecule has 1 aliphatic rings. The Bertz CT molecular complexity index is 959. The molecule has 1 saturated heterocycles. The molecule has 13 heteroatoms. The van der Waals surface area contributed by atoms with E-state index in [-0.39, 0.29) is 25.6 Å². The lowest BCUT2D eigenvalue weighted by Crippen LogP contribution is -2.49. The summed E-state index contributed by atoms with van der Waals surface area (Å²) in [5.41, 5.74) is 5.50. The highest BCUT2D eigenvalue weighted by molar-refractivity contribution is 7.18. The topological polar surface area (TPSA) is 125 Å². The van der Waals surface area contributed by atoms with Crippen molar-refractivity contribution in [1.82, 2.24) is 14.9 Å². The molecule has 0 bridgehead atoms. The van der Waals surface area contributed by atoms with E-state index in [9.17, 15) is 27.9 Å². The number of carbonyl (C=O) groups is 2. The van der Waals surface area contributed by atoms with Crippen LogP contribution in [0.4, 0.5) is 24.9 Å². The first-order valence-corrected chi connectivity index (χ1v) is 10.5. The fourth-order valence-electron chi connectivity index (χ4n) is 3.26. The van der Waals surface area contributed by atoms with Crippen LogP contribution in [0.5, 0.6) is 0 Å². The van der Waals surface area contributed by atoms with Crippen molar-refractivity contribution >= 4 is 45.2 Å². The summed E-state index contributed by atoms with van der Waals surface area (Å²) in [4.78, 5) is 36.9. The molecule has 0 radical (unpaired) electrons. The summed E-state index contributed by atoms with van der Waals surface area (Å²) in [6.45, 7) is 2.70. The highest BCUT2D eigenvalue weighted by atomic mass is 32.1. The second kappa shape index (κ2) is 9.22. The van der Waals surface area contributed by atoms with Crippen molar-refractivity contribution in [2.75, 3.05) is 42.9 Å². The Kier molecular flexibility index (Phi) is 6.84. The van der Waals surface area contributed by atoms with Gasteiger partial charge >= 0.3 is 12.1 Å². The number of hydrogen-bond acceptors (Lipinski definition) is 8. The first kappa shape index (κ1) is 23.0. The number of hydrogen-bond donors (Lipinski definition) is 3. The molecule has 3 heterocycles. The van der Waals surface area contributed by atoms with E-state index in [1.54, 1.807) is 0 Å². The summed E-state index contributed by atoms with van der Waals surface area (Å²) in [6, 6.07) is 0.894. The van der Waals surface area contributed by atoms with E-state index < -0.39 is 30.5 Å². The fraction of sp³-hybridized carbons (Fsp3) is 0.556. The molecule has 0 saturated carbocycles. The molecule has 0 aromatic carbocycles. The predicted octanol–water partition coefficient (Wildman–Crippen LogP) is 1.68. The number of aromatic nitrogens is 2. The van der Waals surface area contributed by atoms with Crippen molar-refractivity contribution in [2.24, 2.45) is 5.73 Å². The van der Waals surface area contributed by atoms with E-state index in [4.69, 9.17) is 5.73 Å². The van der Waals surface area contributed by atoms with Crippen LogP contribution in [0.25, 0.3) is 10.2 Å². The minimum Gasteiger partial charge on any atom is -0.480 e. The largest absolute Gasteiger partial charge is 0.480 e. The van der Waals surface area contributed by atoms with E-state index in [1.807, 2.05) is 17.9 Å². The number of fused-ring (bicyclic) bond motifs is 1. The minimum atomic E-state index is -4.54. The van der Waals surface area contributed by atoms with E-state index in [1.165, 1.54) is 16.2 Å². The Morgan fingerprint density at radius 3 is 2.52 bits per heavy atom. The molecule has 0 spiro atoms. The van der Waals surface area contributed by atoms with Gasteiger partial charge < -0.3 is 26.0 Å². The first-order chi connectivity index (χ1) is 14.6. The van der Waals surface area contributed by atoms with Gasteiger partial charge in [0.15, 0.2) is 0 Å². The van der Waals surface area contributed by atoms with Crippen LogP contribution in [0.1, 0.15) is 18.2 Å². The van der Waals surface area contributed by atoms with E-state index >= 15 is 0 Å². The maximum absolute atomic E-state index is 12.5. The van der Waals surface area contributed by atoms with Crippen LogP contribution < -0.4 is 16.0 Å². The van der Waals surface area contributed by atoms with E-state index in [2.05, 4.69) is 15.3 Å². The van der Waals surface area contributed by atoms with Crippen LogP contribution in [0, 0.1) is 0 Å². The summed E-state index contributed by atoms with van der Waals surface area (Å²) in [5, 5.41) is 12.7. The van der Waals surface area contributed by atoms with Gasteiger partial charge in [0.05, 0.1) is 5.39 Å². The second-order valence-corrected chi connectivity index (χ2v) is 8.20. The van der Waals surface area contributed by atoms with Crippen LogP contribution in [0.3, 0.4) is 0 Å². The van der Waals surface area contributed by atoms with Crippen LogP contribution in [0.15, 0.2) is 6.07 Å². The number of carboxylic acids is 1. The van der Waals surface area contributed by atoms with Crippen LogP contribution >= 0.6 is 11.3 Å². The number of halogens is 3. The third kappa shape index (κ3) is 5.53. The number of alkyl halides is 3. The van der Waals surface area contributed by atoms with Gasteiger partial charge in [-0.25, -0.2) is 9.78 Å². The quantitative estimate of drug-likeness (QED) is 0.570. The third-order valence-electron chi connectivity index (χ3n) is 4.89. The molecule has 2 aromatic rings. The molecule has 1 unspecified atom stereocenters. The van der Waals surface area contributed by atoms with Crippen molar-refractivity contribution in [3.05, 3.63) is 10.9 Å². The molecule has 1 amide bonds. The van der Waals surface area contributed by atoms with Gasteiger partial charge in [-0.3, -0.25) is 4.79 Å². The van der Waals surface area contributed by atoms with Gasteiger partial charge in [-0.2, -0.15) is 18.2 Å². The molecule has 9 nitrogen and oxygen atoms in total. The number of thiophene rings is 1. The van der Waals surface area contributed by atoms with Gasteiger partial charge in [-0.15, -0.1) is 11.3 Å². The molecular formula is C18H23F3N6O3S. The summed E-state index contributed by atoms with van der Waals surface area (Å²) in [6.07, 6.45) is -5.23. The average molecular weight is 460 g/mol. The van der Waals surface area contributed by atoms with Crippen LogP contribution in [0.2, 0.25) is 0 Å². The average Bonchev–Trinajstić information content (AvgIpc) is 3.13. The maximum Gasteiger partial charge on any atom is 0.397 e. The monoisotopic (exact) mass is 460 g/mol. The fourth-order valence-corrected chi connectivity index (χ4v) is 4.23. The van der Waals surface area contributed by atoms with Gasteiger partial charge in [0.25, 0.3) is 0 Å². The Balaban J connectivity index is 1.84. The molecule has 4 N–H and O–H groups in total. The molecular weight excluding hydrogens is 437 g/mol. The first-order valence-electron chi connectivity index (χ1n) is 9.70. The number of carbonyl (C=O) groups excluding carboxylic acids is 1. The predicted molar refractivity (Wildman–Crippen MR) is 110 cm³/mol. The lowest BCUT2D eigenvalue weighted by atomic mass is 10.2. The van der Waals surface area contributed by atoms with E-state index in [0.29, 0.717) is 23.7 Å². The molecule has 31 heavy (non-hydrogen) atoms. The molecule has 3 rings (SSSR count). The van der Waals surface area contributed by atoms with E-state index in [0.717, 1.165) is 16.7 Å². The Morgan fingerprint density at radius 2 is 1.97 bits per heavy atom. The Labute approximate surface area is 180 Å². The number of anilines is 2. The van der Waals surface area contributed by atoms with Crippen molar-refractivity contribution in [1.29, 1.82) is 0 Å². The summed E-state index contributed by atoms with van der Waals surface area (Å²) >= 11 is 1.46. The summed E-state index contributed by atoms with van der Waals surface area (Å²) in [5.74, 6) is -1.42. The minimum absolute atomic E-state index is 0.112. The normalized spacial score (nSPS) is 15.9. The van der Waals surface area contributed by atoms with Crippen molar-refractivity contribution < 1.29 is 27.9 Å². The summed E-state index contributed by atoms with van der Waals surface area (Å²) < 4.78 is 37.5. The van der Waals surface area contributed by atoms with Gasteiger partial charge in [-0.05, 0) is 12.5 Å². The summed E-state index contributed by atoms with van der Waals surface area (Å²) in [7, 11) is 0. The number of aryl methyl sites for hydroxylation is 1. The zero-order chi connectivity index (χ0) is 22.8. The molecule has 1 fully saturated rings. The number of amides is 1. The number of aliphatic carboxylic acids is 1. The zero-order valence-electron chi connectivity index (χ0n) is 16.8. The van der Waals surface area contributed by atoms with Gasteiger partial charge in [-0.1, -0.05) is 6.92 Å². The highest BCUT2D eigenvalue weighted by Gasteiger charge is 2.35. The van der Waals surface area contributed by atoms with Crippen molar-refractivity contribution in [2.45, 2.75) is 32.0 Å². The molecule has 170 valence electrons. The SMILES string of the molecule is CCc1cc2c(N3CCN(C(=O)CC(F)(F)F)CC3)nc(NC(CN)C(=O)O)nc2s1. The number of piperazine rings is 1. The van der Waals surface area contributed by atoms with Crippen LogP contribution in [-0.4, -0.2) is 76.8 Å². The number of nitrogens with zero attached hydrogens (tertiary/aromatic N) is 4. The van der Waals surface area contributed by atoms with Gasteiger partial charge in [0.2, 0.25) is 11.9 Å².